The lowest BCUT2D eigenvalue weighted by molar-refractivity contribution is 0.247. The van der Waals surface area contributed by atoms with Crippen molar-refractivity contribution in [3.63, 3.8) is 0 Å². The summed E-state index contributed by atoms with van der Waals surface area (Å²) in [6.45, 7) is 2.93. The van der Waals surface area contributed by atoms with E-state index in [1.807, 2.05) is 42.5 Å². The van der Waals surface area contributed by atoms with E-state index >= 15 is 0 Å². The molecular formula is C27H33NO3. The molecule has 0 fully saturated rings. The Bertz CT molecular complexity index is 861. The van der Waals surface area contributed by atoms with Crippen LogP contribution in [0.4, 0.5) is 0 Å². The molecule has 164 valence electrons. The SMILES string of the molecule is CN(C)CCCc1ccc(OCCCOc2ccc(OCc3ccccc3)cc2)cc1. The molecule has 0 amide bonds. The molecule has 3 aromatic carbocycles. The van der Waals surface area contributed by atoms with Gasteiger partial charge in [0, 0.05) is 6.42 Å². The maximum absolute atomic E-state index is 5.83. The Labute approximate surface area is 186 Å². The second-order valence-electron chi connectivity index (χ2n) is 7.85. The smallest absolute Gasteiger partial charge is 0.120 e. The normalized spacial score (nSPS) is 10.8. The number of ether oxygens (including phenoxy) is 3. The van der Waals surface area contributed by atoms with E-state index in [2.05, 4.69) is 55.4 Å². The molecule has 0 aliphatic carbocycles. The average molecular weight is 420 g/mol. The van der Waals surface area contributed by atoms with Crippen LogP contribution in [0.2, 0.25) is 0 Å². The zero-order valence-corrected chi connectivity index (χ0v) is 18.6. The summed E-state index contributed by atoms with van der Waals surface area (Å²) in [5, 5.41) is 0. The lowest BCUT2D eigenvalue weighted by Gasteiger charge is -2.11. The van der Waals surface area contributed by atoms with Crippen molar-refractivity contribution in [3.8, 4) is 17.2 Å². The molecule has 0 N–H and O–H groups in total. The second-order valence-corrected chi connectivity index (χ2v) is 7.85. The first-order chi connectivity index (χ1) is 15.2. The summed E-state index contributed by atoms with van der Waals surface area (Å²) in [6.07, 6.45) is 3.10. The van der Waals surface area contributed by atoms with Gasteiger partial charge in [0.25, 0.3) is 0 Å². The number of nitrogens with zero attached hydrogens (tertiary/aromatic N) is 1. The molecule has 0 aromatic heterocycles. The Kier molecular flexibility index (Phi) is 9.27. The van der Waals surface area contributed by atoms with Gasteiger partial charge in [-0.1, -0.05) is 42.5 Å². The standard InChI is InChI=1S/C27H33NO3/c1-28(2)19-6-10-23-11-13-25(14-12-23)29-20-7-21-30-26-15-17-27(18-16-26)31-22-24-8-4-3-5-9-24/h3-5,8-9,11-18H,6-7,10,19-22H2,1-2H3. The fraction of sp³-hybridized carbons (Fsp3) is 0.333. The lowest BCUT2D eigenvalue weighted by atomic mass is 10.1. The van der Waals surface area contributed by atoms with Crippen molar-refractivity contribution in [3.05, 3.63) is 90.0 Å². The average Bonchev–Trinajstić information content (AvgIpc) is 2.80. The molecule has 3 aromatic rings. The van der Waals surface area contributed by atoms with Gasteiger partial charge in [0.2, 0.25) is 0 Å². The van der Waals surface area contributed by atoms with Gasteiger partial charge in [-0.2, -0.15) is 0 Å². The fourth-order valence-corrected chi connectivity index (χ4v) is 3.16. The topological polar surface area (TPSA) is 30.9 Å². The summed E-state index contributed by atoms with van der Waals surface area (Å²) in [5.74, 6) is 2.59. The summed E-state index contributed by atoms with van der Waals surface area (Å²) in [6, 6.07) is 26.3. The summed E-state index contributed by atoms with van der Waals surface area (Å²) in [4.78, 5) is 2.22. The molecular weight excluding hydrogens is 386 g/mol. The molecule has 31 heavy (non-hydrogen) atoms. The first-order valence-electron chi connectivity index (χ1n) is 10.9. The van der Waals surface area contributed by atoms with Crippen LogP contribution in [-0.2, 0) is 13.0 Å². The Morgan fingerprint density at radius 3 is 1.71 bits per heavy atom. The van der Waals surface area contributed by atoms with Crippen LogP contribution in [0.25, 0.3) is 0 Å². The van der Waals surface area contributed by atoms with Crippen LogP contribution in [0.15, 0.2) is 78.9 Å². The Balaban J connectivity index is 1.29. The summed E-state index contributed by atoms with van der Waals surface area (Å²) in [7, 11) is 4.22. The van der Waals surface area contributed by atoms with Crippen molar-refractivity contribution in [1.29, 1.82) is 0 Å². The van der Waals surface area contributed by atoms with Gasteiger partial charge in [0.15, 0.2) is 0 Å². The van der Waals surface area contributed by atoms with Crippen molar-refractivity contribution < 1.29 is 14.2 Å². The Morgan fingerprint density at radius 2 is 1.13 bits per heavy atom. The van der Waals surface area contributed by atoms with Crippen molar-refractivity contribution in [2.24, 2.45) is 0 Å². The number of hydrogen-bond acceptors (Lipinski definition) is 4. The highest BCUT2D eigenvalue weighted by molar-refractivity contribution is 5.31. The monoisotopic (exact) mass is 419 g/mol. The second kappa shape index (κ2) is 12.7. The molecule has 0 spiro atoms. The molecule has 0 atom stereocenters. The first kappa shape index (κ1) is 22.7. The summed E-state index contributed by atoms with van der Waals surface area (Å²) >= 11 is 0. The van der Waals surface area contributed by atoms with Crippen molar-refractivity contribution in [1.82, 2.24) is 4.90 Å². The van der Waals surface area contributed by atoms with E-state index in [-0.39, 0.29) is 0 Å². The maximum atomic E-state index is 5.83. The summed E-state index contributed by atoms with van der Waals surface area (Å²) in [5.41, 5.74) is 2.51. The third-order valence-corrected chi connectivity index (χ3v) is 4.89. The highest BCUT2D eigenvalue weighted by Crippen LogP contribution is 2.19. The highest BCUT2D eigenvalue weighted by atomic mass is 16.5. The summed E-state index contributed by atoms with van der Waals surface area (Å²) < 4.78 is 17.4. The van der Waals surface area contributed by atoms with Crippen LogP contribution < -0.4 is 14.2 Å². The predicted octanol–water partition coefficient (Wildman–Crippen LogP) is 5.61. The molecule has 0 bridgehead atoms. The van der Waals surface area contributed by atoms with Gasteiger partial charge in [-0.3, -0.25) is 0 Å². The molecule has 0 radical (unpaired) electrons. The van der Waals surface area contributed by atoms with E-state index in [9.17, 15) is 0 Å². The molecule has 0 heterocycles. The van der Waals surface area contributed by atoms with E-state index in [1.165, 1.54) is 12.0 Å². The number of rotatable bonds is 13. The van der Waals surface area contributed by atoms with Gasteiger partial charge < -0.3 is 19.1 Å². The van der Waals surface area contributed by atoms with Crippen LogP contribution in [0, 0.1) is 0 Å². The van der Waals surface area contributed by atoms with E-state index in [0.29, 0.717) is 19.8 Å². The van der Waals surface area contributed by atoms with Gasteiger partial charge in [-0.15, -0.1) is 0 Å². The Hall–Kier alpha value is -2.98. The van der Waals surface area contributed by atoms with E-state index in [1.54, 1.807) is 0 Å². The zero-order chi connectivity index (χ0) is 21.7. The zero-order valence-electron chi connectivity index (χ0n) is 18.6. The van der Waals surface area contributed by atoms with Crippen LogP contribution in [0.1, 0.15) is 24.0 Å². The molecule has 0 unspecified atom stereocenters. The fourth-order valence-electron chi connectivity index (χ4n) is 3.16. The maximum Gasteiger partial charge on any atom is 0.120 e. The van der Waals surface area contributed by atoms with Gasteiger partial charge in [-0.25, -0.2) is 0 Å². The number of hydrogen-bond donors (Lipinski definition) is 0. The van der Waals surface area contributed by atoms with Gasteiger partial charge in [0.05, 0.1) is 13.2 Å². The molecule has 0 saturated heterocycles. The molecule has 3 rings (SSSR count). The minimum Gasteiger partial charge on any atom is -0.493 e. The van der Waals surface area contributed by atoms with Crippen LogP contribution in [-0.4, -0.2) is 38.8 Å². The van der Waals surface area contributed by atoms with Gasteiger partial charge >= 0.3 is 0 Å². The van der Waals surface area contributed by atoms with E-state index in [4.69, 9.17) is 14.2 Å². The van der Waals surface area contributed by atoms with Crippen molar-refractivity contribution in [2.75, 3.05) is 33.9 Å². The quantitative estimate of drug-likeness (QED) is 0.337. The molecule has 0 aliphatic rings. The third-order valence-electron chi connectivity index (χ3n) is 4.89. The third kappa shape index (κ3) is 8.73. The molecule has 4 heteroatoms. The number of benzene rings is 3. The van der Waals surface area contributed by atoms with Crippen molar-refractivity contribution in [2.45, 2.75) is 25.9 Å². The van der Waals surface area contributed by atoms with Gasteiger partial charge in [-0.05, 0) is 81.0 Å². The highest BCUT2D eigenvalue weighted by Gasteiger charge is 2.00. The van der Waals surface area contributed by atoms with Crippen molar-refractivity contribution >= 4 is 0 Å². The lowest BCUT2D eigenvalue weighted by Crippen LogP contribution is -2.13. The molecule has 0 aliphatic heterocycles. The van der Waals surface area contributed by atoms with Crippen LogP contribution in [0.3, 0.4) is 0 Å². The minimum absolute atomic E-state index is 0.565. The predicted molar refractivity (Wildman–Crippen MR) is 126 cm³/mol. The molecule has 0 saturated carbocycles. The van der Waals surface area contributed by atoms with E-state index < -0.39 is 0 Å². The van der Waals surface area contributed by atoms with Crippen LogP contribution >= 0.6 is 0 Å². The van der Waals surface area contributed by atoms with E-state index in [0.717, 1.165) is 42.2 Å². The number of aryl methyl sites for hydroxylation is 1. The Morgan fingerprint density at radius 1 is 0.581 bits per heavy atom. The van der Waals surface area contributed by atoms with Crippen LogP contribution in [0.5, 0.6) is 17.2 Å². The van der Waals surface area contributed by atoms with Gasteiger partial charge in [0.1, 0.15) is 23.9 Å². The first-order valence-corrected chi connectivity index (χ1v) is 10.9. The molecule has 4 nitrogen and oxygen atoms in total. The largest absolute Gasteiger partial charge is 0.493 e. The minimum atomic E-state index is 0.565.